The third-order valence-corrected chi connectivity index (χ3v) is 5.37. The molecular weight excluding hydrogens is 192 g/mol. The summed E-state index contributed by atoms with van der Waals surface area (Å²) in [4.78, 5) is 0. The molecule has 0 aromatic rings. The number of rotatable bonds is 5. The summed E-state index contributed by atoms with van der Waals surface area (Å²) in [5.74, 6) is 5.65. The van der Waals surface area contributed by atoms with Crippen LogP contribution in [0.25, 0.3) is 0 Å². The molecule has 0 heteroatoms. The minimum absolute atomic E-state index is 0.856. The Morgan fingerprint density at radius 1 is 1.06 bits per heavy atom. The number of hydrogen-bond acceptors (Lipinski definition) is 0. The van der Waals surface area contributed by atoms with Crippen LogP contribution in [0.4, 0.5) is 0 Å². The average molecular weight is 224 g/mol. The van der Waals surface area contributed by atoms with E-state index in [2.05, 4.69) is 41.5 Å². The Bertz CT molecular complexity index is 194. The number of hydrogen-bond donors (Lipinski definition) is 0. The van der Waals surface area contributed by atoms with E-state index >= 15 is 0 Å². The van der Waals surface area contributed by atoms with Gasteiger partial charge in [-0.05, 0) is 48.3 Å². The summed E-state index contributed by atoms with van der Waals surface area (Å²) < 4.78 is 0. The second-order valence-electron chi connectivity index (χ2n) is 6.70. The minimum atomic E-state index is 0.856. The fourth-order valence-electron chi connectivity index (χ4n) is 3.98. The monoisotopic (exact) mass is 224 g/mol. The maximum absolute atomic E-state index is 2.49. The highest BCUT2D eigenvalue weighted by Gasteiger charge is 2.32. The van der Waals surface area contributed by atoms with Crippen LogP contribution < -0.4 is 0 Å². The van der Waals surface area contributed by atoms with Gasteiger partial charge in [-0.1, -0.05) is 54.4 Å². The molecule has 0 N–H and O–H groups in total. The summed E-state index contributed by atoms with van der Waals surface area (Å²) in [5.41, 5.74) is 0. The lowest BCUT2D eigenvalue weighted by Crippen LogP contribution is -2.21. The highest BCUT2D eigenvalue weighted by molar-refractivity contribution is 4.82. The average Bonchev–Trinajstić information content (AvgIpc) is 2.50. The lowest BCUT2D eigenvalue weighted by molar-refractivity contribution is 0.200. The molecule has 1 fully saturated rings. The highest BCUT2D eigenvalue weighted by Crippen LogP contribution is 2.42. The van der Waals surface area contributed by atoms with Gasteiger partial charge in [-0.3, -0.25) is 0 Å². The van der Waals surface area contributed by atoms with Crippen LogP contribution >= 0.6 is 0 Å². The predicted molar refractivity (Wildman–Crippen MR) is 73.5 cm³/mol. The van der Waals surface area contributed by atoms with Crippen molar-refractivity contribution in [2.75, 3.05) is 0 Å². The van der Waals surface area contributed by atoms with Crippen molar-refractivity contribution in [1.29, 1.82) is 0 Å². The Morgan fingerprint density at radius 2 is 1.69 bits per heavy atom. The first-order valence-electron chi connectivity index (χ1n) is 7.47. The van der Waals surface area contributed by atoms with Gasteiger partial charge in [0, 0.05) is 0 Å². The second-order valence-corrected chi connectivity index (χ2v) is 6.70. The van der Waals surface area contributed by atoms with Gasteiger partial charge in [0.15, 0.2) is 0 Å². The van der Waals surface area contributed by atoms with E-state index in [1.165, 1.54) is 25.7 Å². The summed E-state index contributed by atoms with van der Waals surface area (Å²) in [5, 5.41) is 0. The van der Waals surface area contributed by atoms with Gasteiger partial charge in [0.2, 0.25) is 0 Å². The molecule has 0 aromatic heterocycles. The molecule has 0 bridgehead atoms. The summed E-state index contributed by atoms with van der Waals surface area (Å²) in [7, 11) is 0. The maximum Gasteiger partial charge on any atom is -0.0368 e. The van der Waals surface area contributed by atoms with Crippen LogP contribution in [0, 0.1) is 35.5 Å². The molecule has 0 spiro atoms. The van der Waals surface area contributed by atoms with Crippen molar-refractivity contribution in [2.24, 2.45) is 35.5 Å². The van der Waals surface area contributed by atoms with E-state index in [1.54, 1.807) is 0 Å². The Morgan fingerprint density at radius 3 is 2.06 bits per heavy atom. The van der Waals surface area contributed by atoms with Gasteiger partial charge >= 0.3 is 0 Å². The molecule has 0 aliphatic heterocycles. The molecule has 5 unspecified atom stereocenters. The largest absolute Gasteiger partial charge is 0.0651 e. The molecule has 1 aliphatic carbocycles. The molecule has 0 amide bonds. The zero-order valence-electron chi connectivity index (χ0n) is 12.3. The summed E-state index contributed by atoms with van der Waals surface area (Å²) in [6, 6.07) is 0. The van der Waals surface area contributed by atoms with Crippen LogP contribution in [0.1, 0.15) is 67.2 Å². The summed E-state index contributed by atoms with van der Waals surface area (Å²) >= 11 is 0. The van der Waals surface area contributed by atoms with Crippen molar-refractivity contribution >= 4 is 0 Å². The first kappa shape index (κ1) is 14.1. The summed E-state index contributed by atoms with van der Waals surface area (Å²) in [6.45, 7) is 14.6. The maximum atomic E-state index is 2.49. The fraction of sp³-hybridized carbons (Fsp3) is 1.00. The molecule has 0 aromatic carbocycles. The van der Waals surface area contributed by atoms with E-state index in [9.17, 15) is 0 Å². The standard InChI is InChI=1S/C16H32/c1-7-16(11(2)3)13(5)10-15-9-8-12(4)14(15)6/h11-16H,7-10H2,1-6H3. The topological polar surface area (TPSA) is 0 Å². The van der Waals surface area contributed by atoms with E-state index in [-0.39, 0.29) is 0 Å². The molecule has 96 valence electrons. The third kappa shape index (κ3) is 3.25. The van der Waals surface area contributed by atoms with Gasteiger partial charge in [-0.25, -0.2) is 0 Å². The summed E-state index contributed by atoms with van der Waals surface area (Å²) in [6.07, 6.45) is 5.79. The van der Waals surface area contributed by atoms with Gasteiger partial charge in [0.25, 0.3) is 0 Å². The first-order valence-corrected chi connectivity index (χ1v) is 7.47. The van der Waals surface area contributed by atoms with E-state index in [0.717, 1.165) is 35.5 Å². The van der Waals surface area contributed by atoms with Crippen molar-refractivity contribution in [3.63, 3.8) is 0 Å². The van der Waals surface area contributed by atoms with E-state index in [0.29, 0.717) is 0 Å². The molecule has 1 saturated carbocycles. The van der Waals surface area contributed by atoms with E-state index in [4.69, 9.17) is 0 Å². The molecule has 1 rings (SSSR count). The predicted octanol–water partition coefficient (Wildman–Crippen LogP) is 5.38. The zero-order valence-corrected chi connectivity index (χ0v) is 12.3. The van der Waals surface area contributed by atoms with Crippen molar-refractivity contribution in [1.82, 2.24) is 0 Å². The Labute approximate surface area is 103 Å². The van der Waals surface area contributed by atoms with Gasteiger partial charge in [0.1, 0.15) is 0 Å². The Balaban J connectivity index is 2.47. The normalized spacial score (nSPS) is 34.3. The van der Waals surface area contributed by atoms with Crippen molar-refractivity contribution < 1.29 is 0 Å². The van der Waals surface area contributed by atoms with E-state index in [1.807, 2.05) is 0 Å². The van der Waals surface area contributed by atoms with Crippen LogP contribution in [-0.4, -0.2) is 0 Å². The molecule has 0 radical (unpaired) electrons. The van der Waals surface area contributed by atoms with Crippen LogP contribution in [-0.2, 0) is 0 Å². The third-order valence-electron chi connectivity index (χ3n) is 5.37. The fourth-order valence-corrected chi connectivity index (χ4v) is 3.98. The quantitative estimate of drug-likeness (QED) is 0.588. The molecule has 1 aliphatic rings. The lowest BCUT2D eigenvalue weighted by atomic mass is 9.76. The van der Waals surface area contributed by atoms with Crippen molar-refractivity contribution in [3.8, 4) is 0 Å². The zero-order chi connectivity index (χ0) is 12.3. The SMILES string of the molecule is CCC(C(C)C)C(C)CC1CCC(C)C1C. The Hall–Kier alpha value is 0. The molecular formula is C16H32. The van der Waals surface area contributed by atoms with Crippen molar-refractivity contribution in [3.05, 3.63) is 0 Å². The first-order chi connectivity index (χ1) is 7.47. The minimum Gasteiger partial charge on any atom is -0.0651 e. The lowest BCUT2D eigenvalue weighted by Gasteiger charge is -2.30. The van der Waals surface area contributed by atoms with Crippen molar-refractivity contribution in [2.45, 2.75) is 67.2 Å². The Kier molecular flexibility index (Phi) is 5.34. The van der Waals surface area contributed by atoms with E-state index < -0.39 is 0 Å². The molecule has 5 atom stereocenters. The van der Waals surface area contributed by atoms with Crippen LogP contribution in [0.2, 0.25) is 0 Å². The van der Waals surface area contributed by atoms with Crippen LogP contribution in [0.15, 0.2) is 0 Å². The van der Waals surface area contributed by atoms with Crippen LogP contribution in [0.3, 0.4) is 0 Å². The van der Waals surface area contributed by atoms with Gasteiger partial charge < -0.3 is 0 Å². The van der Waals surface area contributed by atoms with Gasteiger partial charge in [0.05, 0.1) is 0 Å². The molecule has 0 saturated heterocycles. The smallest absolute Gasteiger partial charge is 0.0368 e. The highest BCUT2D eigenvalue weighted by atomic mass is 14.4. The molecule has 0 nitrogen and oxygen atoms in total. The molecule has 16 heavy (non-hydrogen) atoms. The second kappa shape index (κ2) is 6.07. The van der Waals surface area contributed by atoms with Crippen LogP contribution in [0.5, 0.6) is 0 Å². The van der Waals surface area contributed by atoms with Gasteiger partial charge in [-0.15, -0.1) is 0 Å². The van der Waals surface area contributed by atoms with Gasteiger partial charge in [-0.2, -0.15) is 0 Å². The molecule has 0 heterocycles.